The third-order valence-electron chi connectivity index (χ3n) is 3.38. The molecule has 0 aromatic carbocycles. The minimum Gasteiger partial charge on any atom is -0.225 e. The number of hydrogen-bond acceptors (Lipinski definition) is 3. The van der Waals surface area contributed by atoms with E-state index in [1.165, 1.54) is 12.8 Å². The molecule has 1 saturated carbocycles. The largest absolute Gasteiger partial charge is 0.225 e. The van der Waals surface area contributed by atoms with Gasteiger partial charge in [-0.05, 0) is 41.5 Å². The van der Waals surface area contributed by atoms with Crippen LogP contribution >= 0.6 is 11.6 Å². The predicted octanol–water partition coefficient (Wildman–Crippen LogP) is 2.41. The van der Waals surface area contributed by atoms with Crippen LogP contribution in [-0.4, -0.2) is 20.2 Å². The lowest BCUT2D eigenvalue weighted by molar-refractivity contribution is 0.190. The Kier molecular flexibility index (Phi) is 3.24. The first-order valence-electron chi connectivity index (χ1n) is 5.55. The van der Waals surface area contributed by atoms with Crippen LogP contribution in [0.25, 0.3) is 0 Å². The fourth-order valence-electron chi connectivity index (χ4n) is 2.57. The van der Waals surface area contributed by atoms with Gasteiger partial charge in [0.25, 0.3) is 0 Å². The summed E-state index contributed by atoms with van der Waals surface area (Å²) in [5.41, 5.74) is 0. The highest BCUT2D eigenvalue weighted by Gasteiger charge is 2.28. The Bertz CT molecular complexity index is 325. The highest BCUT2D eigenvalue weighted by molar-refractivity contribution is 6.16. The minimum atomic E-state index is 0.395. The first kappa shape index (κ1) is 10.9. The van der Waals surface area contributed by atoms with Gasteiger partial charge in [0, 0.05) is 0 Å². The molecule has 1 fully saturated rings. The number of rotatable bonds is 2. The van der Waals surface area contributed by atoms with Gasteiger partial charge in [0.15, 0.2) is 5.82 Å². The van der Waals surface area contributed by atoms with E-state index in [-0.39, 0.29) is 0 Å². The van der Waals surface area contributed by atoms with E-state index in [0.29, 0.717) is 17.8 Å². The molecule has 1 aliphatic rings. The predicted molar refractivity (Wildman–Crippen MR) is 58.6 cm³/mol. The summed E-state index contributed by atoms with van der Waals surface area (Å²) < 4.78 is 1.92. The molecule has 1 aromatic heterocycles. The van der Waals surface area contributed by atoms with Crippen molar-refractivity contribution in [1.82, 2.24) is 20.2 Å². The van der Waals surface area contributed by atoms with Crippen LogP contribution in [0.15, 0.2) is 0 Å². The van der Waals surface area contributed by atoms with Gasteiger partial charge in [-0.3, -0.25) is 0 Å². The van der Waals surface area contributed by atoms with Crippen LogP contribution in [0.1, 0.15) is 45.0 Å². The number of alkyl halides is 1. The Balaban J connectivity index is 2.16. The Morgan fingerprint density at radius 1 is 1.40 bits per heavy atom. The molecule has 3 unspecified atom stereocenters. The molecule has 0 N–H and O–H groups in total. The van der Waals surface area contributed by atoms with E-state index in [4.69, 9.17) is 11.6 Å². The normalized spacial score (nSPS) is 31.8. The molecular weight excluding hydrogens is 212 g/mol. The summed E-state index contributed by atoms with van der Waals surface area (Å²) in [6, 6.07) is 0.435. The molecule has 1 aromatic rings. The third-order valence-corrected chi connectivity index (χ3v) is 3.62. The van der Waals surface area contributed by atoms with E-state index in [1.807, 2.05) is 4.68 Å². The lowest BCUT2D eigenvalue weighted by Gasteiger charge is -2.32. The molecule has 4 nitrogen and oxygen atoms in total. The smallest absolute Gasteiger partial charge is 0.166 e. The van der Waals surface area contributed by atoms with Crippen molar-refractivity contribution in [3.05, 3.63) is 5.82 Å². The zero-order valence-corrected chi connectivity index (χ0v) is 9.98. The van der Waals surface area contributed by atoms with Crippen LogP contribution in [0, 0.1) is 11.8 Å². The average molecular weight is 229 g/mol. The summed E-state index contributed by atoms with van der Waals surface area (Å²) in [6.07, 6.45) is 3.68. The molecule has 2 rings (SSSR count). The van der Waals surface area contributed by atoms with Crippen molar-refractivity contribution in [3.63, 3.8) is 0 Å². The van der Waals surface area contributed by atoms with Crippen molar-refractivity contribution in [2.24, 2.45) is 11.8 Å². The zero-order chi connectivity index (χ0) is 10.8. The van der Waals surface area contributed by atoms with Crippen LogP contribution in [0.5, 0.6) is 0 Å². The Morgan fingerprint density at radius 2 is 2.20 bits per heavy atom. The van der Waals surface area contributed by atoms with Crippen molar-refractivity contribution in [2.45, 2.75) is 45.0 Å². The molecule has 1 aliphatic carbocycles. The summed E-state index contributed by atoms with van der Waals surface area (Å²) >= 11 is 5.81. The van der Waals surface area contributed by atoms with Crippen LogP contribution in [0.3, 0.4) is 0 Å². The molecule has 0 amide bonds. The van der Waals surface area contributed by atoms with Gasteiger partial charge in [0.05, 0.1) is 11.9 Å². The number of nitrogens with zero attached hydrogens (tertiary/aromatic N) is 4. The topological polar surface area (TPSA) is 43.6 Å². The van der Waals surface area contributed by atoms with Crippen LogP contribution in [0.2, 0.25) is 0 Å². The van der Waals surface area contributed by atoms with Crippen LogP contribution in [-0.2, 0) is 5.88 Å². The van der Waals surface area contributed by atoms with Crippen molar-refractivity contribution in [3.8, 4) is 0 Å². The summed E-state index contributed by atoms with van der Waals surface area (Å²) in [6.45, 7) is 4.59. The Morgan fingerprint density at radius 3 is 2.87 bits per heavy atom. The summed E-state index contributed by atoms with van der Waals surface area (Å²) in [7, 11) is 0. The van der Waals surface area contributed by atoms with Crippen molar-refractivity contribution in [2.75, 3.05) is 0 Å². The first-order valence-corrected chi connectivity index (χ1v) is 6.08. The van der Waals surface area contributed by atoms with Crippen LogP contribution in [0.4, 0.5) is 0 Å². The van der Waals surface area contributed by atoms with E-state index in [1.54, 1.807) is 0 Å². The first-order chi connectivity index (χ1) is 7.22. The maximum Gasteiger partial charge on any atom is 0.166 e. The maximum absolute atomic E-state index is 5.81. The second-order valence-electron chi connectivity index (χ2n) is 4.64. The van der Waals surface area contributed by atoms with E-state index >= 15 is 0 Å². The van der Waals surface area contributed by atoms with E-state index < -0.39 is 0 Å². The molecule has 1 heterocycles. The quantitative estimate of drug-likeness (QED) is 0.731. The number of aromatic nitrogens is 4. The molecule has 0 spiro atoms. The molecule has 0 saturated heterocycles. The molecule has 5 heteroatoms. The highest BCUT2D eigenvalue weighted by atomic mass is 35.5. The lowest BCUT2D eigenvalue weighted by atomic mass is 9.80. The molecular formula is C10H17ClN4. The zero-order valence-electron chi connectivity index (χ0n) is 9.23. The molecule has 15 heavy (non-hydrogen) atoms. The maximum atomic E-state index is 5.81. The fraction of sp³-hybridized carbons (Fsp3) is 0.900. The van der Waals surface area contributed by atoms with Crippen molar-refractivity contribution in [1.29, 1.82) is 0 Å². The van der Waals surface area contributed by atoms with Crippen LogP contribution < -0.4 is 0 Å². The number of tetrazole rings is 1. The number of hydrogen-bond donors (Lipinski definition) is 0. The van der Waals surface area contributed by atoms with E-state index in [2.05, 4.69) is 29.4 Å². The molecule has 3 atom stereocenters. The third kappa shape index (κ3) is 2.14. The second-order valence-corrected chi connectivity index (χ2v) is 4.90. The Hall–Kier alpha value is -0.640. The van der Waals surface area contributed by atoms with Gasteiger partial charge < -0.3 is 0 Å². The van der Waals surface area contributed by atoms with Gasteiger partial charge in [-0.2, -0.15) is 0 Å². The van der Waals surface area contributed by atoms with Gasteiger partial charge in [0.1, 0.15) is 0 Å². The Labute approximate surface area is 95.0 Å². The van der Waals surface area contributed by atoms with Gasteiger partial charge in [-0.1, -0.05) is 13.8 Å². The fourth-order valence-corrected chi connectivity index (χ4v) is 2.75. The van der Waals surface area contributed by atoms with Gasteiger partial charge >= 0.3 is 0 Å². The summed E-state index contributed by atoms with van der Waals surface area (Å²) in [5, 5.41) is 11.7. The van der Waals surface area contributed by atoms with Gasteiger partial charge in [-0.25, -0.2) is 4.68 Å². The monoisotopic (exact) mass is 228 g/mol. The number of halogens is 1. The van der Waals surface area contributed by atoms with Gasteiger partial charge in [0.2, 0.25) is 0 Å². The minimum absolute atomic E-state index is 0.395. The standard InChI is InChI=1S/C10H17ClN4/c1-7-3-4-9(8(2)5-7)15-10(6-11)12-13-14-15/h7-9H,3-6H2,1-2H3. The van der Waals surface area contributed by atoms with E-state index in [9.17, 15) is 0 Å². The SMILES string of the molecule is CC1CCC(n2nnnc2CCl)C(C)C1. The molecule has 0 aliphatic heterocycles. The molecule has 0 bridgehead atoms. The van der Waals surface area contributed by atoms with Crippen molar-refractivity contribution >= 4 is 11.6 Å². The summed E-state index contributed by atoms with van der Waals surface area (Å²) in [5.74, 6) is 2.65. The van der Waals surface area contributed by atoms with E-state index in [0.717, 1.165) is 18.2 Å². The lowest BCUT2D eigenvalue weighted by Crippen LogP contribution is -2.26. The summed E-state index contributed by atoms with van der Waals surface area (Å²) in [4.78, 5) is 0. The highest BCUT2D eigenvalue weighted by Crippen LogP contribution is 2.36. The second kappa shape index (κ2) is 4.47. The molecule has 84 valence electrons. The molecule has 0 radical (unpaired) electrons. The average Bonchev–Trinajstić information content (AvgIpc) is 2.65. The van der Waals surface area contributed by atoms with Crippen molar-refractivity contribution < 1.29 is 0 Å². The van der Waals surface area contributed by atoms with Gasteiger partial charge in [-0.15, -0.1) is 16.7 Å².